The number of sulfonamides is 1. The smallest absolute Gasteiger partial charge is 0.248 e. The van der Waals surface area contributed by atoms with Crippen LogP contribution in [-0.2, 0) is 10.0 Å². The van der Waals surface area contributed by atoms with Crippen LogP contribution in [0.15, 0.2) is 18.2 Å². The number of benzene rings is 1. The van der Waals surface area contributed by atoms with Crippen molar-refractivity contribution in [2.45, 2.75) is 19.1 Å². The number of nitrogens with zero attached hydrogens (tertiary/aromatic N) is 1. The molecule has 6 heteroatoms. The highest BCUT2D eigenvalue weighted by Gasteiger charge is 2.21. The molecule has 0 radical (unpaired) electrons. The fourth-order valence-corrected chi connectivity index (χ4v) is 1.87. The summed E-state index contributed by atoms with van der Waals surface area (Å²) < 4.78 is 38.4. The molecule has 1 rings (SSSR count). The fourth-order valence-electron chi connectivity index (χ4n) is 1.03. The molecule has 0 aliphatic carbocycles. The van der Waals surface area contributed by atoms with Crippen molar-refractivity contribution >= 4 is 15.7 Å². The zero-order valence-corrected chi connectivity index (χ0v) is 9.68. The predicted octanol–water partition coefficient (Wildman–Crippen LogP) is 1.79. The molecular weight excluding hydrogens is 231 g/mol. The molecule has 1 N–H and O–H groups in total. The van der Waals surface area contributed by atoms with Crippen LogP contribution in [0.1, 0.15) is 12.5 Å². The lowest BCUT2D eigenvalue weighted by Gasteiger charge is -2.11. The quantitative estimate of drug-likeness (QED) is 0.878. The van der Waals surface area contributed by atoms with Crippen LogP contribution in [0.2, 0.25) is 0 Å². The Morgan fingerprint density at radius 3 is 2.69 bits per heavy atom. The van der Waals surface area contributed by atoms with Crippen molar-refractivity contribution in [2.75, 3.05) is 4.72 Å². The highest BCUT2D eigenvalue weighted by Crippen LogP contribution is 2.19. The van der Waals surface area contributed by atoms with E-state index in [4.69, 9.17) is 5.26 Å². The standard InChI is InChI=1S/C10H11FN2O2S/c1-7(6-12)16(14,15)13-10-5-3-4-9(11)8(10)2/h3-5,7,13H,1-2H3. The second-order valence-electron chi connectivity index (χ2n) is 3.33. The average Bonchev–Trinajstić information content (AvgIpc) is 2.23. The van der Waals surface area contributed by atoms with Crippen LogP contribution in [0.5, 0.6) is 0 Å². The molecule has 0 aliphatic heterocycles. The summed E-state index contributed by atoms with van der Waals surface area (Å²) in [6.45, 7) is 2.72. The molecule has 1 atom stereocenters. The number of hydrogen-bond donors (Lipinski definition) is 1. The Morgan fingerprint density at radius 2 is 2.12 bits per heavy atom. The van der Waals surface area contributed by atoms with E-state index in [1.807, 2.05) is 0 Å². The van der Waals surface area contributed by atoms with Gasteiger partial charge in [-0.25, -0.2) is 12.8 Å². The van der Waals surface area contributed by atoms with Crippen LogP contribution < -0.4 is 4.72 Å². The van der Waals surface area contributed by atoms with Crippen molar-refractivity contribution in [1.29, 1.82) is 5.26 Å². The Bertz CT molecular complexity index is 534. The van der Waals surface area contributed by atoms with Crippen molar-refractivity contribution in [3.05, 3.63) is 29.6 Å². The Balaban J connectivity index is 3.08. The molecule has 0 saturated carbocycles. The van der Waals surface area contributed by atoms with Gasteiger partial charge in [0, 0.05) is 5.56 Å². The number of rotatable bonds is 3. The first-order valence-corrected chi connectivity index (χ1v) is 6.09. The Labute approximate surface area is 93.8 Å². The van der Waals surface area contributed by atoms with Gasteiger partial charge in [0.05, 0.1) is 11.8 Å². The molecule has 0 heterocycles. The molecule has 16 heavy (non-hydrogen) atoms. The van der Waals surface area contributed by atoms with Crippen LogP contribution in [0, 0.1) is 24.1 Å². The maximum atomic E-state index is 13.1. The van der Waals surface area contributed by atoms with Gasteiger partial charge < -0.3 is 0 Å². The second-order valence-corrected chi connectivity index (χ2v) is 5.33. The van der Waals surface area contributed by atoms with Gasteiger partial charge in [-0.15, -0.1) is 0 Å². The van der Waals surface area contributed by atoms with E-state index in [1.165, 1.54) is 32.0 Å². The number of anilines is 1. The van der Waals surface area contributed by atoms with Crippen molar-refractivity contribution in [3.63, 3.8) is 0 Å². The van der Waals surface area contributed by atoms with Crippen molar-refractivity contribution < 1.29 is 12.8 Å². The molecule has 1 aromatic rings. The summed E-state index contributed by atoms with van der Waals surface area (Å²) in [5.41, 5.74) is 0.360. The molecule has 0 amide bonds. The van der Waals surface area contributed by atoms with E-state index >= 15 is 0 Å². The minimum Gasteiger partial charge on any atom is -0.282 e. The van der Waals surface area contributed by atoms with Crippen molar-refractivity contribution in [2.24, 2.45) is 0 Å². The summed E-state index contributed by atoms with van der Waals surface area (Å²) in [5.74, 6) is -0.496. The van der Waals surface area contributed by atoms with Crippen LogP contribution in [0.25, 0.3) is 0 Å². The Kier molecular flexibility index (Phi) is 3.50. The first-order chi connectivity index (χ1) is 7.38. The van der Waals surface area contributed by atoms with E-state index < -0.39 is 21.1 Å². The number of nitriles is 1. The highest BCUT2D eigenvalue weighted by atomic mass is 32.2. The minimum absolute atomic E-state index is 0.155. The molecule has 0 aliphatic rings. The summed E-state index contributed by atoms with van der Waals surface area (Å²) >= 11 is 0. The number of halogens is 1. The number of nitrogens with one attached hydrogen (secondary N) is 1. The van der Waals surface area contributed by atoms with E-state index in [0.29, 0.717) is 0 Å². The van der Waals surface area contributed by atoms with Crippen molar-refractivity contribution in [1.82, 2.24) is 0 Å². The fraction of sp³-hybridized carbons (Fsp3) is 0.300. The average molecular weight is 242 g/mol. The van der Waals surface area contributed by atoms with Gasteiger partial charge in [-0.2, -0.15) is 5.26 Å². The third kappa shape index (κ3) is 2.49. The van der Waals surface area contributed by atoms with Crippen LogP contribution in [0.3, 0.4) is 0 Å². The second kappa shape index (κ2) is 4.49. The van der Waals surface area contributed by atoms with Crippen LogP contribution in [-0.4, -0.2) is 13.7 Å². The van der Waals surface area contributed by atoms with E-state index in [-0.39, 0.29) is 11.3 Å². The molecule has 86 valence electrons. The zero-order valence-electron chi connectivity index (χ0n) is 8.86. The summed E-state index contributed by atoms with van der Waals surface area (Å²) in [5, 5.41) is 7.34. The van der Waals surface area contributed by atoms with Gasteiger partial charge in [-0.05, 0) is 26.0 Å². The third-order valence-corrected chi connectivity index (χ3v) is 3.71. The lowest BCUT2D eigenvalue weighted by atomic mass is 10.2. The highest BCUT2D eigenvalue weighted by molar-refractivity contribution is 7.93. The molecule has 0 spiro atoms. The third-order valence-electron chi connectivity index (χ3n) is 2.17. The topological polar surface area (TPSA) is 70.0 Å². The van der Waals surface area contributed by atoms with Gasteiger partial charge in [0.25, 0.3) is 0 Å². The normalized spacial score (nSPS) is 12.9. The molecule has 1 aromatic carbocycles. The molecule has 0 fully saturated rings. The van der Waals surface area contributed by atoms with Gasteiger partial charge in [0.1, 0.15) is 5.82 Å². The summed E-state index contributed by atoms with van der Waals surface area (Å²) in [7, 11) is -3.78. The molecule has 0 aromatic heterocycles. The maximum Gasteiger partial charge on any atom is 0.248 e. The predicted molar refractivity (Wildman–Crippen MR) is 58.8 cm³/mol. The van der Waals surface area contributed by atoms with Gasteiger partial charge in [-0.1, -0.05) is 6.07 Å². The van der Waals surface area contributed by atoms with E-state index in [0.717, 1.165) is 0 Å². The molecule has 0 saturated heterocycles. The van der Waals surface area contributed by atoms with E-state index in [2.05, 4.69) is 4.72 Å². The summed E-state index contributed by atoms with van der Waals surface area (Å²) in [6, 6.07) is 5.70. The van der Waals surface area contributed by atoms with Gasteiger partial charge >= 0.3 is 0 Å². The van der Waals surface area contributed by atoms with E-state index in [9.17, 15) is 12.8 Å². The van der Waals surface area contributed by atoms with Gasteiger partial charge in [0.15, 0.2) is 5.25 Å². The maximum absolute atomic E-state index is 13.1. The SMILES string of the molecule is Cc1c(F)cccc1NS(=O)(=O)C(C)C#N. The summed E-state index contributed by atoms with van der Waals surface area (Å²) in [6.07, 6.45) is 0. The molecule has 0 bridgehead atoms. The molecule has 1 unspecified atom stereocenters. The largest absolute Gasteiger partial charge is 0.282 e. The Morgan fingerprint density at radius 1 is 1.50 bits per heavy atom. The Hall–Kier alpha value is -1.61. The first-order valence-electron chi connectivity index (χ1n) is 4.55. The van der Waals surface area contributed by atoms with Gasteiger partial charge in [0.2, 0.25) is 10.0 Å². The first kappa shape index (κ1) is 12.5. The lowest BCUT2D eigenvalue weighted by molar-refractivity contribution is 0.597. The number of hydrogen-bond acceptors (Lipinski definition) is 3. The van der Waals surface area contributed by atoms with Crippen molar-refractivity contribution in [3.8, 4) is 6.07 Å². The summed E-state index contributed by atoms with van der Waals surface area (Å²) in [4.78, 5) is 0. The van der Waals surface area contributed by atoms with Crippen LogP contribution >= 0.6 is 0 Å². The molecular formula is C10H11FN2O2S. The monoisotopic (exact) mass is 242 g/mol. The molecule has 4 nitrogen and oxygen atoms in total. The minimum atomic E-state index is -3.78. The zero-order chi connectivity index (χ0) is 12.3. The lowest BCUT2D eigenvalue weighted by Crippen LogP contribution is -2.24. The van der Waals surface area contributed by atoms with Gasteiger partial charge in [-0.3, -0.25) is 4.72 Å². The van der Waals surface area contributed by atoms with E-state index in [1.54, 1.807) is 6.07 Å². The van der Waals surface area contributed by atoms with Crippen LogP contribution in [0.4, 0.5) is 10.1 Å².